The van der Waals surface area contributed by atoms with E-state index in [1.165, 1.54) is 0 Å². The minimum atomic E-state index is -0.645. The number of aliphatic hydroxyl groups excluding tert-OH is 1. The predicted octanol–water partition coefficient (Wildman–Crippen LogP) is 4.87. The number of ether oxygens (including phenoxy) is 1. The lowest BCUT2D eigenvalue weighted by Gasteiger charge is -2.25. The van der Waals surface area contributed by atoms with Crippen molar-refractivity contribution in [3.8, 4) is 5.75 Å². The third kappa shape index (κ3) is 4.25. The van der Waals surface area contributed by atoms with Gasteiger partial charge in [0.25, 0.3) is 11.7 Å². The molecule has 1 atom stereocenters. The Morgan fingerprint density at radius 3 is 2.20 bits per heavy atom. The van der Waals surface area contributed by atoms with Gasteiger partial charge in [-0.15, -0.1) is 0 Å². The van der Waals surface area contributed by atoms with E-state index < -0.39 is 17.7 Å². The maximum absolute atomic E-state index is 12.9. The lowest BCUT2D eigenvalue weighted by atomic mass is 9.95. The number of ketones is 1. The number of aliphatic hydroxyl groups is 1. The first-order valence-corrected chi connectivity index (χ1v) is 10.5. The molecule has 0 bridgehead atoms. The summed E-state index contributed by atoms with van der Waals surface area (Å²) in [5.74, 6) is -0.637. The monoisotopic (exact) mass is 407 g/mol. The van der Waals surface area contributed by atoms with Crippen LogP contribution in [0.1, 0.15) is 56.8 Å². The zero-order valence-electron chi connectivity index (χ0n) is 18.0. The number of likely N-dealkylation sites (tertiary alicyclic amines) is 1. The Morgan fingerprint density at radius 2 is 1.67 bits per heavy atom. The average molecular weight is 408 g/mol. The topological polar surface area (TPSA) is 66.8 Å². The molecule has 1 heterocycles. The minimum Gasteiger partial charge on any atom is -0.507 e. The summed E-state index contributed by atoms with van der Waals surface area (Å²) in [5.41, 5.74) is 2.57. The van der Waals surface area contributed by atoms with Gasteiger partial charge in [-0.3, -0.25) is 9.59 Å². The zero-order valence-corrected chi connectivity index (χ0v) is 18.0. The van der Waals surface area contributed by atoms with E-state index in [0.29, 0.717) is 18.5 Å². The number of aryl methyl sites for hydroxylation is 1. The lowest BCUT2D eigenvalue weighted by Crippen LogP contribution is -2.30. The van der Waals surface area contributed by atoms with Crippen molar-refractivity contribution in [1.82, 2.24) is 4.90 Å². The third-order valence-electron chi connectivity index (χ3n) is 5.21. The summed E-state index contributed by atoms with van der Waals surface area (Å²) in [4.78, 5) is 27.2. The molecule has 1 N–H and O–H groups in total. The molecule has 1 aliphatic rings. The highest BCUT2D eigenvalue weighted by atomic mass is 16.5. The first-order chi connectivity index (χ1) is 14.4. The summed E-state index contributed by atoms with van der Waals surface area (Å²) in [6.07, 6.45) is 1.64. The molecule has 1 unspecified atom stereocenters. The summed E-state index contributed by atoms with van der Waals surface area (Å²) in [6, 6.07) is 14.2. The van der Waals surface area contributed by atoms with E-state index in [1.54, 1.807) is 17.0 Å². The summed E-state index contributed by atoms with van der Waals surface area (Å²) >= 11 is 0. The van der Waals surface area contributed by atoms with E-state index in [0.717, 1.165) is 23.3 Å². The molecule has 0 spiro atoms. The highest BCUT2D eigenvalue weighted by Crippen LogP contribution is 2.39. The Hall–Kier alpha value is -3.08. The number of rotatable bonds is 7. The van der Waals surface area contributed by atoms with Crippen LogP contribution in [0.5, 0.6) is 5.75 Å². The first kappa shape index (κ1) is 21.6. The molecule has 5 heteroatoms. The van der Waals surface area contributed by atoms with E-state index >= 15 is 0 Å². The second-order valence-corrected chi connectivity index (χ2v) is 7.78. The highest BCUT2D eigenvalue weighted by molar-refractivity contribution is 6.46. The average Bonchev–Trinajstić information content (AvgIpc) is 2.99. The quantitative estimate of drug-likeness (QED) is 0.404. The molecule has 3 rings (SSSR count). The second kappa shape index (κ2) is 9.16. The van der Waals surface area contributed by atoms with Crippen LogP contribution < -0.4 is 4.74 Å². The van der Waals surface area contributed by atoms with Crippen molar-refractivity contribution in [2.75, 3.05) is 6.54 Å². The first-order valence-electron chi connectivity index (χ1n) is 10.5. The summed E-state index contributed by atoms with van der Waals surface area (Å²) < 4.78 is 5.70. The molecule has 158 valence electrons. The van der Waals surface area contributed by atoms with Crippen molar-refractivity contribution in [3.05, 3.63) is 70.8 Å². The molecule has 0 radical (unpaired) electrons. The Kier molecular flexibility index (Phi) is 6.60. The van der Waals surface area contributed by atoms with Gasteiger partial charge in [0.2, 0.25) is 0 Å². The molecule has 2 aromatic carbocycles. The molecular formula is C25H29NO4. The number of hydrogen-bond acceptors (Lipinski definition) is 4. The van der Waals surface area contributed by atoms with Crippen LogP contribution in [0.15, 0.2) is 54.1 Å². The summed E-state index contributed by atoms with van der Waals surface area (Å²) in [7, 11) is 0. The highest BCUT2D eigenvalue weighted by Gasteiger charge is 2.45. The Labute approximate surface area is 178 Å². The molecular weight excluding hydrogens is 378 g/mol. The van der Waals surface area contributed by atoms with Gasteiger partial charge in [-0.25, -0.2) is 0 Å². The maximum Gasteiger partial charge on any atom is 0.295 e. The number of nitrogens with zero attached hydrogens (tertiary/aromatic N) is 1. The van der Waals surface area contributed by atoms with Crippen molar-refractivity contribution in [1.29, 1.82) is 0 Å². The van der Waals surface area contributed by atoms with Gasteiger partial charge in [-0.2, -0.15) is 0 Å². The molecule has 1 aliphatic heterocycles. The molecule has 5 nitrogen and oxygen atoms in total. The van der Waals surface area contributed by atoms with Gasteiger partial charge >= 0.3 is 0 Å². The number of Topliss-reactive ketones (excluding diaryl/α,β-unsaturated/α-hetero) is 1. The van der Waals surface area contributed by atoms with Gasteiger partial charge in [0, 0.05) is 12.1 Å². The predicted molar refractivity (Wildman–Crippen MR) is 117 cm³/mol. The van der Waals surface area contributed by atoms with Crippen molar-refractivity contribution >= 4 is 17.4 Å². The molecule has 1 fully saturated rings. The van der Waals surface area contributed by atoms with Gasteiger partial charge in [0.1, 0.15) is 11.5 Å². The van der Waals surface area contributed by atoms with Crippen LogP contribution in [0.3, 0.4) is 0 Å². The number of benzene rings is 2. The van der Waals surface area contributed by atoms with Crippen LogP contribution in [0.2, 0.25) is 0 Å². The smallest absolute Gasteiger partial charge is 0.295 e. The molecule has 1 amide bonds. The van der Waals surface area contributed by atoms with Crippen LogP contribution in [0.25, 0.3) is 5.76 Å². The lowest BCUT2D eigenvalue weighted by molar-refractivity contribution is -0.139. The minimum absolute atomic E-state index is 0.0488. The molecule has 0 aromatic heterocycles. The van der Waals surface area contributed by atoms with Crippen molar-refractivity contribution in [3.63, 3.8) is 0 Å². The molecule has 1 saturated heterocycles. The molecule has 2 aromatic rings. The normalized spacial score (nSPS) is 18.3. The fourth-order valence-corrected chi connectivity index (χ4v) is 3.75. The van der Waals surface area contributed by atoms with Crippen molar-refractivity contribution in [2.45, 2.75) is 52.7 Å². The van der Waals surface area contributed by atoms with Crippen LogP contribution in [0, 0.1) is 0 Å². The maximum atomic E-state index is 12.9. The third-order valence-corrected chi connectivity index (χ3v) is 5.21. The zero-order chi connectivity index (χ0) is 21.8. The van der Waals surface area contributed by atoms with Gasteiger partial charge in [-0.1, -0.05) is 50.2 Å². The number of amides is 1. The second-order valence-electron chi connectivity index (χ2n) is 7.78. The van der Waals surface area contributed by atoms with Crippen LogP contribution in [-0.4, -0.2) is 34.3 Å². The van der Waals surface area contributed by atoms with E-state index in [1.807, 2.05) is 57.2 Å². The van der Waals surface area contributed by atoms with Gasteiger partial charge < -0.3 is 14.7 Å². The number of carbonyl (C=O) groups excluding carboxylic acids is 2. The van der Waals surface area contributed by atoms with Crippen LogP contribution in [0.4, 0.5) is 0 Å². The molecule has 0 aliphatic carbocycles. The Morgan fingerprint density at radius 1 is 1.03 bits per heavy atom. The van der Waals surface area contributed by atoms with E-state index in [2.05, 4.69) is 6.92 Å². The van der Waals surface area contributed by atoms with E-state index in [9.17, 15) is 14.7 Å². The van der Waals surface area contributed by atoms with Gasteiger partial charge in [0.15, 0.2) is 0 Å². The SMILES string of the molecule is CCCN1C(=O)C(=O)/C(=C(\O)c2ccc(CC)cc2)C1c1ccc(OC(C)C)cc1. The molecule has 30 heavy (non-hydrogen) atoms. The van der Waals surface area contributed by atoms with Gasteiger partial charge in [-0.05, 0) is 49.9 Å². The Balaban J connectivity index is 2.08. The largest absolute Gasteiger partial charge is 0.507 e. The standard InChI is InChI=1S/C25H29NO4/c1-5-15-26-22(18-11-13-20(14-12-18)30-16(3)4)21(24(28)25(26)29)23(27)19-9-7-17(6-2)8-10-19/h7-14,16,22,27H,5-6,15H2,1-4H3/b23-21-. The summed E-state index contributed by atoms with van der Waals surface area (Å²) in [6.45, 7) is 8.35. The van der Waals surface area contributed by atoms with Crippen molar-refractivity contribution < 1.29 is 19.4 Å². The van der Waals surface area contributed by atoms with Gasteiger partial charge in [0.05, 0.1) is 17.7 Å². The fraction of sp³-hybridized carbons (Fsp3) is 0.360. The van der Waals surface area contributed by atoms with Crippen molar-refractivity contribution in [2.24, 2.45) is 0 Å². The van der Waals surface area contributed by atoms with Crippen LogP contribution in [-0.2, 0) is 16.0 Å². The van der Waals surface area contributed by atoms with Crippen LogP contribution >= 0.6 is 0 Å². The van der Waals surface area contributed by atoms with E-state index in [-0.39, 0.29) is 17.4 Å². The molecule has 0 saturated carbocycles. The van der Waals surface area contributed by atoms with E-state index in [4.69, 9.17) is 4.74 Å². The summed E-state index contributed by atoms with van der Waals surface area (Å²) in [5, 5.41) is 11.0. The fourth-order valence-electron chi connectivity index (χ4n) is 3.75. The Bertz CT molecular complexity index is 942. The number of hydrogen-bond donors (Lipinski definition) is 1. The number of carbonyl (C=O) groups is 2.